The molecule has 0 saturated carbocycles. The van der Waals surface area contributed by atoms with Crippen molar-refractivity contribution < 1.29 is 9.53 Å². The number of pyridine rings is 1. The Kier molecular flexibility index (Phi) is 5.85. The van der Waals surface area contributed by atoms with Crippen LogP contribution in [0.4, 0.5) is 0 Å². The van der Waals surface area contributed by atoms with Crippen molar-refractivity contribution in [2.75, 3.05) is 7.11 Å². The van der Waals surface area contributed by atoms with Crippen molar-refractivity contribution in [3.63, 3.8) is 0 Å². The summed E-state index contributed by atoms with van der Waals surface area (Å²) in [6, 6.07) is 7.12. The van der Waals surface area contributed by atoms with E-state index in [2.05, 4.69) is 15.0 Å². The monoisotopic (exact) mass is 458 g/mol. The van der Waals surface area contributed by atoms with Gasteiger partial charge in [-0.05, 0) is 31.2 Å². The van der Waals surface area contributed by atoms with Crippen LogP contribution in [-0.4, -0.2) is 32.8 Å². The molecule has 152 valence electrons. The van der Waals surface area contributed by atoms with Crippen molar-refractivity contribution in [3.8, 4) is 38.3 Å². The average molecular weight is 459 g/mol. The molecule has 3 aromatic heterocycles. The molecule has 3 heterocycles. The first-order valence-electron chi connectivity index (χ1n) is 8.95. The third kappa shape index (κ3) is 4.09. The molecule has 0 radical (unpaired) electrons. The van der Waals surface area contributed by atoms with Crippen molar-refractivity contribution in [2.24, 2.45) is 0 Å². The summed E-state index contributed by atoms with van der Waals surface area (Å²) in [4.78, 5) is 29.1. The molecule has 0 amide bonds. The Morgan fingerprint density at radius 3 is 2.70 bits per heavy atom. The Labute approximate surface area is 186 Å². The molecule has 4 aromatic rings. The van der Waals surface area contributed by atoms with Gasteiger partial charge in [-0.25, -0.2) is 9.97 Å². The molecule has 4 rings (SSSR count). The number of benzene rings is 1. The summed E-state index contributed by atoms with van der Waals surface area (Å²) >= 11 is 14.0. The van der Waals surface area contributed by atoms with Gasteiger partial charge >= 0.3 is 0 Å². The van der Waals surface area contributed by atoms with Gasteiger partial charge in [-0.2, -0.15) is 0 Å². The SMILES string of the molecule is COc1cnc(CC(C)=O)cc1-c1nc(-c2ccc(Cl)cc2Cl)c(-c2ncc[nH]2)s1. The fraction of sp³-hybridized carbons (Fsp3) is 0.143. The predicted octanol–water partition coefficient (Wildman–Crippen LogP) is 5.71. The lowest BCUT2D eigenvalue weighted by molar-refractivity contribution is -0.116. The fourth-order valence-corrected chi connectivity index (χ4v) is 4.58. The summed E-state index contributed by atoms with van der Waals surface area (Å²) in [6.07, 6.45) is 5.28. The van der Waals surface area contributed by atoms with E-state index in [0.29, 0.717) is 38.0 Å². The second-order valence-corrected chi connectivity index (χ2v) is 8.36. The third-order valence-electron chi connectivity index (χ3n) is 4.33. The van der Waals surface area contributed by atoms with E-state index < -0.39 is 0 Å². The molecular formula is C21H16Cl2N4O2S. The highest BCUT2D eigenvalue weighted by molar-refractivity contribution is 7.18. The number of halogens is 2. The maximum Gasteiger partial charge on any atom is 0.149 e. The molecule has 1 aromatic carbocycles. The number of aromatic amines is 1. The number of hydrogen-bond acceptors (Lipinski definition) is 6. The van der Waals surface area contributed by atoms with Gasteiger partial charge in [0.1, 0.15) is 22.4 Å². The van der Waals surface area contributed by atoms with Crippen LogP contribution in [-0.2, 0) is 11.2 Å². The number of nitrogens with one attached hydrogen (secondary N) is 1. The minimum atomic E-state index is 0.0302. The third-order valence-corrected chi connectivity index (χ3v) is 5.97. The second-order valence-electron chi connectivity index (χ2n) is 6.51. The molecule has 0 spiro atoms. The van der Waals surface area contributed by atoms with Gasteiger partial charge < -0.3 is 9.72 Å². The van der Waals surface area contributed by atoms with Gasteiger partial charge in [0.25, 0.3) is 0 Å². The standard InChI is InChI=1S/C21H16Cl2N4O2S/c1-11(28)7-13-9-15(17(29-2)10-26-13)21-27-18(14-4-3-12(22)8-16(14)23)19(30-21)20-24-5-6-25-20/h3-6,8-10H,7H2,1-2H3,(H,24,25). The molecule has 1 N–H and O–H groups in total. The van der Waals surface area contributed by atoms with E-state index in [4.69, 9.17) is 32.9 Å². The maximum atomic E-state index is 11.6. The second kappa shape index (κ2) is 8.55. The first-order valence-corrected chi connectivity index (χ1v) is 10.5. The predicted molar refractivity (Wildman–Crippen MR) is 119 cm³/mol. The summed E-state index contributed by atoms with van der Waals surface area (Å²) in [7, 11) is 1.57. The lowest BCUT2D eigenvalue weighted by atomic mass is 10.1. The molecule has 6 nitrogen and oxygen atoms in total. The van der Waals surface area contributed by atoms with Gasteiger partial charge in [-0.15, -0.1) is 11.3 Å². The Morgan fingerprint density at radius 2 is 2.03 bits per heavy atom. The van der Waals surface area contributed by atoms with Crippen molar-refractivity contribution in [1.82, 2.24) is 19.9 Å². The first kappa shape index (κ1) is 20.5. The van der Waals surface area contributed by atoms with Crippen LogP contribution in [0.5, 0.6) is 5.75 Å². The molecule has 0 aliphatic heterocycles. The largest absolute Gasteiger partial charge is 0.494 e. The molecule has 0 unspecified atom stereocenters. The van der Waals surface area contributed by atoms with Crippen molar-refractivity contribution in [3.05, 3.63) is 58.6 Å². The van der Waals surface area contributed by atoms with Gasteiger partial charge in [0.2, 0.25) is 0 Å². The van der Waals surface area contributed by atoms with E-state index in [0.717, 1.165) is 16.0 Å². The van der Waals surface area contributed by atoms with Crippen LogP contribution in [0.1, 0.15) is 12.6 Å². The highest BCUT2D eigenvalue weighted by Gasteiger charge is 2.22. The van der Waals surface area contributed by atoms with Crippen molar-refractivity contribution >= 4 is 40.3 Å². The lowest BCUT2D eigenvalue weighted by Crippen LogP contribution is -2.00. The zero-order valence-corrected chi connectivity index (χ0v) is 18.4. The molecule has 0 fully saturated rings. The van der Waals surface area contributed by atoms with Gasteiger partial charge in [0.15, 0.2) is 0 Å². The van der Waals surface area contributed by atoms with E-state index >= 15 is 0 Å². The molecular weight excluding hydrogens is 443 g/mol. The number of Topliss-reactive ketones (excluding diaryl/α,β-unsaturated/α-hetero) is 1. The Hall–Kier alpha value is -2.74. The summed E-state index contributed by atoms with van der Waals surface area (Å²) in [5, 5.41) is 1.74. The minimum absolute atomic E-state index is 0.0302. The number of imidazole rings is 1. The lowest BCUT2D eigenvalue weighted by Gasteiger charge is -2.07. The highest BCUT2D eigenvalue weighted by Crippen LogP contribution is 2.43. The molecule has 30 heavy (non-hydrogen) atoms. The number of carbonyl (C=O) groups excluding carboxylic acids is 1. The van der Waals surface area contributed by atoms with Crippen molar-refractivity contribution in [1.29, 1.82) is 0 Å². The Bertz CT molecular complexity index is 1220. The number of carbonyl (C=O) groups is 1. The van der Waals surface area contributed by atoms with E-state index in [1.54, 1.807) is 37.8 Å². The summed E-state index contributed by atoms with van der Waals surface area (Å²) in [5.41, 5.74) is 2.82. The maximum absolute atomic E-state index is 11.6. The van der Waals surface area contributed by atoms with Gasteiger partial charge in [0, 0.05) is 35.1 Å². The number of rotatable bonds is 6. The number of ketones is 1. The highest BCUT2D eigenvalue weighted by atomic mass is 35.5. The number of hydrogen-bond donors (Lipinski definition) is 1. The van der Waals surface area contributed by atoms with Crippen LogP contribution in [0.25, 0.3) is 32.5 Å². The van der Waals surface area contributed by atoms with Crippen LogP contribution >= 0.6 is 34.5 Å². The molecule has 0 aliphatic carbocycles. The number of thiazole rings is 1. The summed E-state index contributed by atoms with van der Waals surface area (Å²) in [5.74, 6) is 1.27. The smallest absolute Gasteiger partial charge is 0.149 e. The molecule has 0 aliphatic rings. The van der Waals surface area contributed by atoms with Crippen LogP contribution in [0.15, 0.2) is 42.9 Å². The summed E-state index contributed by atoms with van der Waals surface area (Å²) < 4.78 is 5.50. The Balaban J connectivity index is 1.91. The average Bonchev–Trinajstić information content (AvgIpc) is 3.37. The quantitative estimate of drug-likeness (QED) is 0.400. The van der Waals surface area contributed by atoms with Crippen LogP contribution in [0, 0.1) is 0 Å². The zero-order valence-electron chi connectivity index (χ0n) is 16.1. The van der Waals surface area contributed by atoms with E-state index in [9.17, 15) is 4.79 Å². The number of ether oxygens (including phenoxy) is 1. The molecule has 9 heteroatoms. The first-order chi connectivity index (χ1) is 14.5. The molecule has 0 atom stereocenters. The number of nitrogens with zero attached hydrogens (tertiary/aromatic N) is 3. The molecule has 0 saturated heterocycles. The van der Waals surface area contributed by atoms with Crippen LogP contribution < -0.4 is 4.74 Å². The van der Waals surface area contributed by atoms with Gasteiger partial charge in [-0.3, -0.25) is 9.78 Å². The van der Waals surface area contributed by atoms with Gasteiger partial charge in [0.05, 0.1) is 34.5 Å². The van der Waals surface area contributed by atoms with Crippen LogP contribution in [0.3, 0.4) is 0 Å². The number of H-pyrrole nitrogens is 1. The van der Waals surface area contributed by atoms with Gasteiger partial charge in [-0.1, -0.05) is 23.2 Å². The topological polar surface area (TPSA) is 80.8 Å². The number of aromatic nitrogens is 4. The zero-order chi connectivity index (χ0) is 21.3. The minimum Gasteiger partial charge on any atom is -0.494 e. The van der Waals surface area contributed by atoms with Crippen LogP contribution in [0.2, 0.25) is 10.0 Å². The fourth-order valence-electron chi connectivity index (χ4n) is 3.02. The van der Waals surface area contributed by atoms with E-state index in [-0.39, 0.29) is 12.2 Å². The normalized spacial score (nSPS) is 10.9. The summed E-state index contributed by atoms with van der Waals surface area (Å²) in [6.45, 7) is 1.53. The number of methoxy groups -OCH3 is 1. The van der Waals surface area contributed by atoms with E-state index in [1.807, 2.05) is 12.1 Å². The molecule has 0 bridgehead atoms. The Morgan fingerprint density at radius 1 is 1.20 bits per heavy atom. The van der Waals surface area contributed by atoms with E-state index in [1.165, 1.54) is 18.3 Å². The van der Waals surface area contributed by atoms with Crippen molar-refractivity contribution in [2.45, 2.75) is 13.3 Å².